The Labute approximate surface area is 174 Å². The molecular weight excluding hydrogens is 505 g/mol. The molecule has 0 radical (unpaired) electrons. The number of nitrogens with zero attached hydrogens (tertiary/aromatic N) is 2. The zero-order chi connectivity index (χ0) is 16.5. The number of thiophene rings is 1. The first kappa shape index (κ1) is 22.1. The first-order valence-corrected chi connectivity index (χ1v) is 9.69. The van der Waals surface area contributed by atoms with Gasteiger partial charge in [-0.15, -0.1) is 35.3 Å². The van der Waals surface area contributed by atoms with Crippen LogP contribution in [0.4, 0.5) is 0 Å². The van der Waals surface area contributed by atoms with E-state index in [4.69, 9.17) is 9.47 Å². The molecule has 0 amide bonds. The van der Waals surface area contributed by atoms with Gasteiger partial charge in [0.2, 0.25) is 0 Å². The maximum absolute atomic E-state index is 5.91. The molecule has 0 unspecified atom stereocenters. The lowest BCUT2D eigenvalue weighted by atomic mass is 10.1. The van der Waals surface area contributed by atoms with Gasteiger partial charge in [-0.05, 0) is 41.3 Å². The van der Waals surface area contributed by atoms with Crippen LogP contribution in [0.1, 0.15) is 24.1 Å². The summed E-state index contributed by atoms with van der Waals surface area (Å²) in [4.78, 5) is 8.03. The fourth-order valence-electron chi connectivity index (χ4n) is 2.63. The normalized spacial score (nSPS) is 16.1. The third-order valence-electron chi connectivity index (χ3n) is 3.84. The minimum absolute atomic E-state index is 0. The number of rotatable bonds is 7. The van der Waals surface area contributed by atoms with Crippen LogP contribution in [0.5, 0.6) is 0 Å². The highest BCUT2D eigenvalue weighted by atomic mass is 127. The molecular formula is C16H27BrIN3O2S. The number of hydrogen-bond acceptors (Lipinski definition) is 4. The average molecular weight is 532 g/mol. The highest BCUT2D eigenvalue weighted by Gasteiger charge is 2.21. The lowest BCUT2D eigenvalue weighted by molar-refractivity contribution is 0.00990. The first-order valence-electron chi connectivity index (χ1n) is 8.02. The van der Waals surface area contributed by atoms with Gasteiger partial charge in [-0.2, -0.15) is 0 Å². The van der Waals surface area contributed by atoms with Crippen molar-refractivity contribution in [3.8, 4) is 0 Å². The van der Waals surface area contributed by atoms with Gasteiger partial charge >= 0.3 is 0 Å². The van der Waals surface area contributed by atoms with Crippen molar-refractivity contribution in [2.24, 2.45) is 4.99 Å². The minimum Gasteiger partial charge on any atom is -0.385 e. The Morgan fingerprint density at radius 1 is 1.42 bits per heavy atom. The van der Waals surface area contributed by atoms with Crippen LogP contribution < -0.4 is 5.32 Å². The second kappa shape index (κ2) is 12.5. The monoisotopic (exact) mass is 531 g/mol. The van der Waals surface area contributed by atoms with E-state index in [-0.39, 0.29) is 24.0 Å². The molecule has 0 aliphatic carbocycles. The van der Waals surface area contributed by atoms with E-state index in [0.717, 1.165) is 62.5 Å². The molecule has 0 bridgehead atoms. The molecule has 1 aromatic heterocycles. The van der Waals surface area contributed by atoms with Crippen molar-refractivity contribution in [1.29, 1.82) is 0 Å². The molecule has 1 aliphatic heterocycles. The number of nitrogens with one attached hydrogen (secondary N) is 1. The molecule has 1 aliphatic rings. The number of halogens is 2. The Bertz CT molecular complexity index is 493. The molecule has 1 saturated heterocycles. The Balaban J connectivity index is 0.00000288. The molecule has 1 fully saturated rings. The highest BCUT2D eigenvalue weighted by Crippen LogP contribution is 2.20. The van der Waals surface area contributed by atoms with Gasteiger partial charge in [0.1, 0.15) is 0 Å². The van der Waals surface area contributed by atoms with E-state index < -0.39 is 0 Å². The molecule has 1 aromatic rings. The van der Waals surface area contributed by atoms with Crippen LogP contribution in [0.2, 0.25) is 0 Å². The Morgan fingerprint density at radius 3 is 2.75 bits per heavy atom. The van der Waals surface area contributed by atoms with Crippen LogP contribution >= 0.6 is 51.2 Å². The van der Waals surface area contributed by atoms with Crippen LogP contribution in [0.3, 0.4) is 0 Å². The zero-order valence-corrected chi connectivity index (χ0v) is 19.0. The van der Waals surface area contributed by atoms with E-state index in [0.29, 0.717) is 6.10 Å². The van der Waals surface area contributed by atoms with Crippen molar-refractivity contribution in [2.45, 2.75) is 31.9 Å². The third-order valence-corrected chi connectivity index (χ3v) is 5.54. The maximum atomic E-state index is 5.91. The SMILES string of the molecule is CN=C(NCc1cc(Br)cs1)N1CCC(OCCCOC)CC1.I. The molecule has 5 nitrogen and oxygen atoms in total. The topological polar surface area (TPSA) is 46.1 Å². The fraction of sp³-hybridized carbons (Fsp3) is 0.688. The van der Waals surface area contributed by atoms with Crippen molar-refractivity contribution < 1.29 is 9.47 Å². The predicted molar refractivity (Wildman–Crippen MR) is 115 cm³/mol. The summed E-state index contributed by atoms with van der Waals surface area (Å²) in [7, 11) is 3.58. The lowest BCUT2D eigenvalue weighted by Gasteiger charge is -2.34. The number of aliphatic imine (C=N–C) groups is 1. The summed E-state index contributed by atoms with van der Waals surface area (Å²) in [5.41, 5.74) is 0. The summed E-state index contributed by atoms with van der Waals surface area (Å²) in [6.45, 7) is 4.36. The average Bonchev–Trinajstić information content (AvgIpc) is 2.99. The van der Waals surface area contributed by atoms with Crippen molar-refractivity contribution in [3.05, 3.63) is 20.8 Å². The summed E-state index contributed by atoms with van der Waals surface area (Å²) in [5.74, 6) is 0.979. The quantitative estimate of drug-likeness (QED) is 0.252. The number of methoxy groups -OCH3 is 1. The minimum atomic E-state index is 0. The molecule has 0 spiro atoms. The molecule has 0 atom stereocenters. The second-order valence-corrected chi connectivity index (χ2v) is 7.45. The van der Waals surface area contributed by atoms with E-state index in [1.807, 2.05) is 7.05 Å². The van der Waals surface area contributed by atoms with Gasteiger partial charge in [0.25, 0.3) is 0 Å². The molecule has 0 saturated carbocycles. The number of likely N-dealkylation sites (tertiary alicyclic amines) is 1. The van der Waals surface area contributed by atoms with Crippen LogP contribution in [-0.4, -0.2) is 57.4 Å². The predicted octanol–water partition coefficient (Wildman–Crippen LogP) is 3.72. The molecule has 24 heavy (non-hydrogen) atoms. The molecule has 2 heterocycles. The largest absolute Gasteiger partial charge is 0.385 e. The van der Waals surface area contributed by atoms with Crippen molar-refractivity contribution >= 4 is 57.2 Å². The maximum Gasteiger partial charge on any atom is 0.193 e. The van der Waals surface area contributed by atoms with Gasteiger partial charge in [0.15, 0.2) is 5.96 Å². The van der Waals surface area contributed by atoms with E-state index in [1.165, 1.54) is 4.88 Å². The summed E-state index contributed by atoms with van der Waals surface area (Å²) < 4.78 is 12.1. The standard InChI is InChI=1S/C16H26BrN3O2S.HI/c1-18-16(19-11-15-10-13(17)12-23-15)20-6-4-14(5-7-20)22-9-3-8-21-2;/h10,12,14H,3-9,11H2,1-2H3,(H,18,19);1H. The van der Waals surface area contributed by atoms with Crippen molar-refractivity contribution in [2.75, 3.05) is 40.5 Å². The second-order valence-electron chi connectivity index (χ2n) is 5.54. The Hall–Kier alpha value is 0.1000. The molecule has 2 rings (SSSR count). The number of piperidine rings is 1. The summed E-state index contributed by atoms with van der Waals surface area (Å²) in [6.07, 6.45) is 3.45. The number of hydrogen-bond donors (Lipinski definition) is 1. The highest BCUT2D eigenvalue weighted by molar-refractivity contribution is 14.0. The van der Waals surface area contributed by atoms with Crippen LogP contribution in [-0.2, 0) is 16.0 Å². The molecule has 8 heteroatoms. The summed E-state index contributed by atoms with van der Waals surface area (Å²) in [5, 5.41) is 5.56. The lowest BCUT2D eigenvalue weighted by Crippen LogP contribution is -2.46. The molecule has 0 aromatic carbocycles. The van der Waals surface area contributed by atoms with Gasteiger partial charge in [-0.1, -0.05) is 0 Å². The Morgan fingerprint density at radius 2 is 2.17 bits per heavy atom. The summed E-state index contributed by atoms with van der Waals surface area (Å²) >= 11 is 5.24. The van der Waals surface area contributed by atoms with Crippen molar-refractivity contribution in [3.63, 3.8) is 0 Å². The third kappa shape index (κ3) is 7.55. The van der Waals surface area contributed by atoms with Crippen LogP contribution in [0.25, 0.3) is 0 Å². The van der Waals surface area contributed by atoms with Crippen LogP contribution in [0, 0.1) is 0 Å². The molecule has 1 N–H and O–H groups in total. The van der Waals surface area contributed by atoms with E-state index in [1.54, 1.807) is 18.4 Å². The fourth-order valence-corrected chi connectivity index (χ4v) is 4.02. The van der Waals surface area contributed by atoms with E-state index in [9.17, 15) is 0 Å². The van der Waals surface area contributed by atoms with E-state index >= 15 is 0 Å². The smallest absolute Gasteiger partial charge is 0.193 e. The summed E-state index contributed by atoms with van der Waals surface area (Å²) in [6, 6.07) is 2.14. The van der Waals surface area contributed by atoms with Gasteiger partial charge in [0.05, 0.1) is 12.6 Å². The van der Waals surface area contributed by atoms with Gasteiger partial charge in [0, 0.05) is 55.2 Å². The van der Waals surface area contributed by atoms with Gasteiger partial charge in [-0.3, -0.25) is 4.99 Å². The van der Waals surface area contributed by atoms with Gasteiger partial charge in [-0.25, -0.2) is 0 Å². The number of ether oxygens (including phenoxy) is 2. The van der Waals surface area contributed by atoms with Crippen LogP contribution in [0.15, 0.2) is 20.9 Å². The Kier molecular flexibility index (Phi) is 11.5. The van der Waals surface area contributed by atoms with E-state index in [2.05, 4.69) is 42.6 Å². The first-order chi connectivity index (χ1) is 11.2. The number of guanidine groups is 1. The molecule has 138 valence electrons. The van der Waals surface area contributed by atoms with Crippen molar-refractivity contribution in [1.82, 2.24) is 10.2 Å². The zero-order valence-electron chi connectivity index (χ0n) is 14.3. The van der Waals surface area contributed by atoms with Gasteiger partial charge < -0.3 is 19.7 Å².